The molecule has 0 aromatic heterocycles. The fourth-order valence-corrected chi connectivity index (χ4v) is 6.28. The molecule has 1 aliphatic rings. The van der Waals surface area contributed by atoms with E-state index in [2.05, 4.69) is 26.2 Å². The first-order valence-corrected chi connectivity index (χ1v) is 19.9. The second-order valence-corrected chi connectivity index (χ2v) is 14.0. The van der Waals surface area contributed by atoms with Gasteiger partial charge in [-0.15, -0.1) is 0 Å². The van der Waals surface area contributed by atoms with Crippen molar-refractivity contribution < 1.29 is 57.8 Å². The van der Waals surface area contributed by atoms with Gasteiger partial charge in [-0.05, 0) is 48.0 Å². The highest BCUT2D eigenvalue weighted by Crippen LogP contribution is 2.38. The molecule has 1 aliphatic heterocycles. The molecule has 1 heterocycles. The smallest absolute Gasteiger partial charge is 0.252 e. The van der Waals surface area contributed by atoms with Gasteiger partial charge in [0, 0.05) is 61.3 Å². The Kier molecular flexibility index (Phi) is 23.7. The predicted octanol–water partition coefficient (Wildman–Crippen LogP) is 1.09. The maximum Gasteiger partial charge on any atom is 0.252 e. The van der Waals surface area contributed by atoms with Gasteiger partial charge in [0.25, 0.3) is 11.8 Å². The first-order valence-electron chi connectivity index (χ1n) is 19.1. The van der Waals surface area contributed by atoms with Gasteiger partial charge in [0.15, 0.2) is 12.2 Å². The fraction of sp³-hybridized carbons (Fsp3) is 0.590. The molecule has 2 aromatic rings. The molecule has 0 spiro atoms. The minimum absolute atomic E-state index is 0.0351. The van der Waals surface area contributed by atoms with Crippen molar-refractivity contribution in [2.45, 2.75) is 37.5 Å². The molecule has 2 aromatic carbocycles. The van der Waals surface area contributed by atoms with Crippen LogP contribution in [0.2, 0.25) is 10.0 Å². The van der Waals surface area contributed by atoms with Crippen molar-refractivity contribution in [3.63, 3.8) is 0 Å². The van der Waals surface area contributed by atoms with Crippen LogP contribution in [0.4, 0.5) is 5.69 Å². The summed E-state index contributed by atoms with van der Waals surface area (Å²) in [5, 5.41) is 31.5. The number of hydrogen-bond donors (Lipinski definition) is 6. The van der Waals surface area contributed by atoms with Crippen molar-refractivity contribution in [1.82, 2.24) is 20.9 Å². The largest absolute Gasteiger partial charge is 0.380 e. The number of hydrogen-bond acceptors (Lipinski definition) is 13. The van der Waals surface area contributed by atoms with Crippen LogP contribution in [0, 0.1) is 0 Å². The number of nitrogens with zero attached hydrogens (tertiary/aromatic N) is 1. The molecule has 324 valence electrons. The number of aliphatic hydroxyl groups is 2. The van der Waals surface area contributed by atoms with E-state index in [4.69, 9.17) is 51.6 Å². The number of carbonyl (C=O) groups excluding carboxylic acids is 4. The van der Waals surface area contributed by atoms with Crippen molar-refractivity contribution in [2.75, 3.05) is 118 Å². The average molecular weight is 859 g/mol. The molecule has 0 aliphatic carbocycles. The average Bonchev–Trinajstić information content (AvgIpc) is 3.20. The second kappa shape index (κ2) is 28.1. The third kappa shape index (κ3) is 18.6. The van der Waals surface area contributed by atoms with Gasteiger partial charge in [-0.2, -0.15) is 0 Å². The van der Waals surface area contributed by atoms with E-state index in [9.17, 15) is 29.4 Å². The van der Waals surface area contributed by atoms with Crippen molar-refractivity contribution in [1.29, 1.82) is 0 Å². The van der Waals surface area contributed by atoms with Crippen LogP contribution in [0.15, 0.2) is 36.4 Å². The molecule has 0 fully saturated rings. The Morgan fingerprint density at radius 1 is 0.724 bits per heavy atom. The number of fused-ring (bicyclic) bond motifs is 1. The van der Waals surface area contributed by atoms with Crippen LogP contribution in [0.5, 0.6) is 0 Å². The number of rotatable bonds is 29. The summed E-state index contributed by atoms with van der Waals surface area (Å²) < 4.78 is 32.3. The quantitative estimate of drug-likeness (QED) is 0.0633. The van der Waals surface area contributed by atoms with Crippen LogP contribution < -0.4 is 21.3 Å². The van der Waals surface area contributed by atoms with E-state index in [1.165, 1.54) is 0 Å². The molecule has 0 saturated carbocycles. The molecule has 0 radical (unpaired) electrons. The monoisotopic (exact) mass is 857 g/mol. The minimum Gasteiger partial charge on any atom is -0.380 e. The highest BCUT2D eigenvalue weighted by Gasteiger charge is 2.30. The van der Waals surface area contributed by atoms with Crippen LogP contribution >= 0.6 is 23.2 Å². The topological polar surface area (TPSA) is 215 Å². The Labute approximate surface area is 349 Å². The number of carbonyl (C=O) groups is 4. The maximum absolute atomic E-state index is 12.6. The van der Waals surface area contributed by atoms with Gasteiger partial charge in [0.2, 0.25) is 11.8 Å². The van der Waals surface area contributed by atoms with Gasteiger partial charge in [0.05, 0.1) is 85.7 Å². The van der Waals surface area contributed by atoms with Crippen molar-refractivity contribution in [3.8, 4) is 0 Å². The summed E-state index contributed by atoms with van der Waals surface area (Å²) >= 11 is 12.8. The number of halogens is 2. The zero-order chi connectivity index (χ0) is 42.1. The Bertz CT molecular complexity index is 1570. The lowest BCUT2D eigenvalue weighted by molar-refractivity contribution is -0.146. The Hall–Kier alpha value is -3.46. The molecule has 0 bridgehead atoms. The number of benzene rings is 2. The standard InChI is InChI=1S/C39H57Cl2N5O12/c1-42-34(47)6-10-53-14-18-57-20-16-55-12-8-43-38(51)36(49)37(50)39(52)44-9-13-56-17-21-58-19-15-54-11-7-35(48)45-29-5-3-4-27(22-29)31-25-46(2)26-32-30(31)23-28(40)24-33(32)41/h3-5,22-24,31,36-37,49-50H,6-21,25-26H2,1-2H3,(H,42,47)(H,43,51)(H,44,52)(H,45,48)/t31?,36-,37-/m1/s1. The van der Waals surface area contributed by atoms with Crippen molar-refractivity contribution >= 4 is 52.5 Å². The molecular weight excluding hydrogens is 801 g/mol. The summed E-state index contributed by atoms with van der Waals surface area (Å²) in [4.78, 5) is 50.1. The molecule has 3 atom stereocenters. The zero-order valence-corrected chi connectivity index (χ0v) is 34.6. The first kappa shape index (κ1) is 48.9. The predicted molar refractivity (Wildman–Crippen MR) is 216 cm³/mol. The van der Waals surface area contributed by atoms with Gasteiger partial charge in [0.1, 0.15) is 0 Å². The summed E-state index contributed by atoms with van der Waals surface area (Å²) in [5.74, 6) is -2.07. The molecule has 0 saturated heterocycles. The van der Waals surface area contributed by atoms with Crippen LogP contribution in [-0.4, -0.2) is 164 Å². The molecule has 1 unspecified atom stereocenters. The first-order chi connectivity index (χ1) is 28.0. The van der Waals surface area contributed by atoms with Crippen LogP contribution in [-0.2, 0) is 54.1 Å². The van der Waals surface area contributed by atoms with E-state index in [0.29, 0.717) is 48.8 Å². The number of anilines is 1. The number of amides is 4. The SMILES string of the molecule is CNC(=O)CCOCCOCCOCCNC(=O)[C@H](O)[C@@H](O)C(=O)NCCOCCOCCOCCC(=O)Nc1cccc(C2CN(C)Cc3c(Cl)cc(Cl)cc32)c1. The summed E-state index contributed by atoms with van der Waals surface area (Å²) in [6.07, 6.45) is -3.49. The summed E-state index contributed by atoms with van der Waals surface area (Å²) in [7, 11) is 3.61. The molecule has 58 heavy (non-hydrogen) atoms. The van der Waals surface area contributed by atoms with E-state index >= 15 is 0 Å². The van der Waals surface area contributed by atoms with Gasteiger partial charge >= 0.3 is 0 Å². The molecule has 17 nitrogen and oxygen atoms in total. The van der Waals surface area contributed by atoms with E-state index in [-0.39, 0.29) is 89.9 Å². The van der Waals surface area contributed by atoms with E-state index in [1.807, 2.05) is 37.4 Å². The zero-order valence-electron chi connectivity index (χ0n) is 33.1. The van der Waals surface area contributed by atoms with E-state index in [1.54, 1.807) is 13.1 Å². The molecule has 6 N–H and O–H groups in total. The van der Waals surface area contributed by atoms with Gasteiger partial charge in [-0.25, -0.2) is 0 Å². The Balaban J connectivity index is 1.14. The van der Waals surface area contributed by atoms with Crippen LogP contribution in [0.1, 0.15) is 35.4 Å². The summed E-state index contributed by atoms with van der Waals surface area (Å²) in [5.41, 5.74) is 3.90. The lowest BCUT2D eigenvalue weighted by Crippen LogP contribution is -2.50. The molecule has 4 amide bonds. The molecule has 19 heteroatoms. The third-order valence-electron chi connectivity index (χ3n) is 8.71. The molecule has 3 rings (SSSR count). The number of likely N-dealkylation sites (N-methyl/N-ethyl adjacent to an activating group) is 1. The number of ether oxygens (including phenoxy) is 6. The molecular formula is C39H57Cl2N5O12. The maximum atomic E-state index is 12.6. The normalized spacial score (nSPS) is 15.0. The van der Waals surface area contributed by atoms with Gasteiger partial charge in [-0.3, -0.25) is 19.2 Å². The number of aliphatic hydroxyl groups excluding tert-OH is 2. The fourth-order valence-electron chi connectivity index (χ4n) is 5.71. The van der Waals surface area contributed by atoms with Gasteiger partial charge in [-0.1, -0.05) is 35.3 Å². The Morgan fingerprint density at radius 2 is 1.22 bits per heavy atom. The van der Waals surface area contributed by atoms with Crippen LogP contribution in [0.25, 0.3) is 0 Å². The van der Waals surface area contributed by atoms with Crippen molar-refractivity contribution in [2.24, 2.45) is 0 Å². The second-order valence-electron chi connectivity index (χ2n) is 13.2. The highest BCUT2D eigenvalue weighted by molar-refractivity contribution is 6.35. The third-order valence-corrected chi connectivity index (χ3v) is 9.26. The minimum atomic E-state index is -1.97. The van der Waals surface area contributed by atoms with E-state index < -0.39 is 24.0 Å². The Morgan fingerprint density at radius 3 is 1.76 bits per heavy atom. The highest BCUT2D eigenvalue weighted by atomic mass is 35.5. The van der Waals surface area contributed by atoms with Crippen LogP contribution in [0.3, 0.4) is 0 Å². The number of nitrogens with one attached hydrogen (secondary N) is 4. The summed E-state index contributed by atoms with van der Waals surface area (Å²) in [6, 6.07) is 11.5. The summed E-state index contributed by atoms with van der Waals surface area (Å²) in [6.45, 7) is 4.69. The lowest BCUT2D eigenvalue weighted by atomic mass is 9.84. The van der Waals surface area contributed by atoms with Crippen molar-refractivity contribution in [3.05, 3.63) is 63.1 Å². The lowest BCUT2D eigenvalue weighted by Gasteiger charge is -2.33. The van der Waals surface area contributed by atoms with Gasteiger partial charge < -0.3 is 64.8 Å². The van der Waals surface area contributed by atoms with E-state index in [0.717, 1.165) is 29.8 Å².